The first-order valence-corrected chi connectivity index (χ1v) is 8.81. The maximum Gasteiger partial charge on any atom is 0.339 e. The lowest BCUT2D eigenvalue weighted by Crippen LogP contribution is -2.18. The molecule has 2 unspecified atom stereocenters. The number of carbonyl (C=O) groups is 1. The van der Waals surface area contributed by atoms with Crippen LogP contribution in [0.3, 0.4) is 0 Å². The van der Waals surface area contributed by atoms with Gasteiger partial charge in [-0.3, -0.25) is 0 Å². The van der Waals surface area contributed by atoms with Gasteiger partial charge in [-0.1, -0.05) is 30.3 Å². The highest BCUT2D eigenvalue weighted by Gasteiger charge is 2.32. The zero-order valence-electron chi connectivity index (χ0n) is 16.7. The lowest BCUT2D eigenvalue weighted by Gasteiger charge is -2.23. The molecule has 0 amide bonds. The second-order valence-corrected chi connectivity index (χ2v) is 5.75. The van der Waals surface area contributed by atoms with Crippen molar-refractivity contribution >= 4 is 5.97 Å². The van der Waals surface area contributed by atoms with Crippen molar-refractivity contribution < 1.29 is 33.6 Å². The van der Waals surface area contributed by atoms with Gasteiger partial charge in [0.1, 0.15) is 11.8 Å². The van der Waals surface area contributed by atoms with Crippen LogP contribution in [0.5, 0.6) is 23.0 Å². The van der Waals surface area contributed by atoms with Crippen LogP contribution in [-0.4, -0.2) is 39.0 Å². The first kappa shape index (κ1) is 21.9. The topological polar surface area (TPSA) is 107 Å². The van der Waals surface area contributed by atoms with Crippen LogP contribution in [0.15, 0.2) is 36.4 Å². The van der Waals surface area contributed by atoms with Gasteiger partial charge in [-0.15, -0.1) is 0 Å². The zero-order valence-corrected chi connectivity index (χ0v) is 16.7. The molecule has 0 radical (unpaired) electrons. The standard InChI is InChI=1S/C21H23NO7/c1-5-28-21(24)18(23)17-14(11-15(25-2)19(26-3)20(17)27-4)29-16(12-22)13-9-7-6-8-10-13/h6-11,16,18,23H,5H2,1-4H3. The van der Waals surface area contributed by atoms with Crippen LogP contribution in [0.1, 0.15) is 30.3 Å². The van der Waals surface area contributed by atoms with Gasteiger partial charge >= 0.3 is 5.97 Å². The quantitative estimate of drug-likeness (QED) is 0.639. The van der Waals surface area contributed by atoms with Gasteiger partial charge in [-0.25, -0.2) is 4.79 Å². The molecular weight excluding hydrogens is 378 g/mol. The molecule has 1 N–H and O–H groups in total. The van der Waals surface area contributed by atoms with Crippen LogP contribution in [0.2, 0.25) is 0 Å². The van der Waals surface area contributed by atoms with Gasteiger partial charge < -0.3 is 28.8 Å². The van der Waals surface area contributed by atoms with E-state index in [9.17, 15) is 15.2 Å². The van der Waals surface area contributed by atoms with E-state index in [1.807, 2.05) is 6.07 Å². The summed E-state index contributed by atoms with van der Waals surface area (Å²) in [6, 6.07) is 12.3. The fourth-order valence-electron chi connectivity index (χ4n) is 2.78. The maximum absolute atomic E-state index is 12.2. The number of esters is 1. The van der Waals surface area contributed by atoms with Crippen LogP contribution >= 0.6 is 0 Å². The van der Waals surface area contributed by atoms with Crippen molar-refractivity contribution in [2.24, 2.45) is 0 Å². The van der Waals surface area contributed by atoms with Crippen LogP contribution in [0.25, 0.3) is 0 Å². The van der Waals surface area contributed by atoms with Gasteiger partial charge in [-0.2, -0.15) is 5.26 Å². The Kier molecular flexibility index (Phi) is 7.69. The number of rotatable bonds is 9. The monoisotopic (exact) mass is 401 g/mol. The lowest BCUT2D eigenvalue weighted by atomic mass is 10.0. The van der Waals surface area contributed by atoms with Crippen molar-refractivity contribution in [1.29, 1.82) is 5.26 Å². The second-order valence-electron chi connectivity index (χ2n) is 5.75. The molecule has 8 heteroatoms. The minimum Gasteiger partial charge on any atom is -0.493 e. The third-order valence-corrected chi connectivity index (χ3v) is 4.08. The van der Waals surface area contributed by atoms with Crippen molar-refractivity contribution in [3.63, 3.8) is 0 Å². The van der Waals surface area contributed by atoms with Gasteiger partial charge in [0, 0.05) is 11.6 Å². The number of carbonyl (C=O) groups excluding carboxylic acids is 1. The third-order valence-electron chi connectivity index (χ3n) is 4.08. The number of hydrogen-bond acceptors (Lipinski definition) is 8. The van der Waals surface area contributed by atoms with Crippen LogP contribution in [-0.2, 0) is 9.53 Å². The summed E-state index contributed by atoms with van der Waals surface area (Å²) >= 11 is 0. The fourth-order valence-corrected chi connectivity index (χ4v) is 2.78. The molecule has 0 aliphatic heterocycles. The summed E-state index contributed by atoms with van der Waals surface area (Å²) in [6.07, 6.45) is -2.73. The molecule has 0 aliphatic carbocycles. The Morgan fingerprint density at radius 3 is 2.24 bits per heavy atom. The number of ether oxygens (including phenoxy) is 5. The summed E-state index contributed by atoms with van der Waals surface area (Å²) in [5, 5.41) is 20.2. The molecule has 0 heterocycles. The Morgan fingerprint density at radius 2 is 1.72 bits per heavy atom. The normalized spacial score (nSPS) is 12.3. The number of methoxy groups -OCH3 is 3. The van der Waals surface area contributed by atoms with E-state index in [-0.39, 0.29) is 35.2 Å². The SMILES string of the molecule is CCOC(=O)C(O)c1c(OC(C#N)c2ccccc2)cc(OC)c(OC)c1OC. The third kappa shape index (κ3) is 4.70. The van der Waals surface area contributed by atoms with Crippen molar-refractivity contribution in [1.82, 2.24) is 0 Å². The molecular formula is C21H23NO7. The van der Waals surface area contributed by atoms with Crippen LogP contribution in [0, 0.1) is 11.3 Å². The van der Waals surface area contributed by atoms with E-state index < -0.39 is 18.2 Å². The molecule has 0 bridgehead atoms. The van der Waals surface area contributed by atoms with E-state index in [1.54, 1.807) is 31.2 Å². The molecule has 154 valence electrons. The highest BCUT2D eigenvalue weighted by molar-refractivity contribution is 5.80. The molecule has 29 heavy (non-hydrogen) atoms. The molecule has 0 saturated heterocycles. The van der Waals surface area contributed by atoms with Gasteiger partial charge in [0.2, 0.25) is 11.9 Å². The average molecular weight is 401 g/mol. The molecule has 0 saturated carbocycles. The predicted molar refractivity (Wildman–Crippen MR) is 103 cm³/mol. The Morgan fingerprint density at radius 1 is 1.07 bits per heavy atom. The Bertz CT molecular complexity index is 877. The van der Waals surface area contributed by atoms with Gasteiger partial charge in [-0.05, 0) is 6.92 Å². The first-order valence-electron chi connectivity index (χ1n) is 8.81. The van der Waals surface area contributed by atoms with Crippen LogP contribution in [0.4, 0.5) is 0 Å². The molecule has 0 spiro atoms. The summed E-state index contributed by atoms with van der Waals surface area (Å²) in [5.41, 5.74) is 0.570. The molecule has 2 atom stereocenters. The van der Waals surface area contributed by atoms with Crippen molar-refractivity contribution in [3.05, 3.63) is 47.5 Å². The molecule has 2 aromatic carbocycles. The number of hydrogen-bond donors (Lipinski definition) is 1. The largest absolute Gasteiger partial charge is 0.493 e. The summed E-state index contributed by atoms with van der Waals surface area (Å²) in [4.78, 5) is 12.2. The number of aliphatic hydroxyl groups excluding tert-OH is 1. The summed E-state index contributed by atoms with van der Waals surface area (Å²) in [6.45, 7) is 1.70. The van der Waals surface area contributed by atoms with Gasteiger partial charge in [0.25, 0.3) is 0 Å². The Hall–Kier alpha value is -3.44. The summed E-state index contributed by atoms with van der Waals surface area (Å²) in [7, 11) is 4.16. The van der Waals surface area contributed by atoms with E-state index in [2.05, 4.69) is 6.07 Å². The Balaban J connectivity index is 2.65. The highest BCUT2D eigenvalue weighted by atomic mass is 16.6. The molecule has 2 rings (SSSR count). The molecule has 0 fully saturated rings. The smallest absolute Gasteiger partial charge is 0.339 e. The predicted octanol–water partition coefficient (Wildman–Crippen LogP) is 2.95. The van der Waals surface area contributed by atoms with E-state index in [1.165, 1.54) is 27.4 Å². The minimum atomic E-state index is -1.73. The number of benzene rings is 2. The van der Waals surface area contributed by atoms with Crippen molar-refractivity contribution in [2.45, 2.75) is 19.1 Å². The van der Waals surface area contributed by atoms with E-state index in [4.69, 9.17) is 23.7 Å². The maximum atomic E-state index is 12.2. The van der Waals surface area contributed by atoms with Crippen molar-refractivity contribution in [3.8, 4) is 29.1 Å². The lowest BCUT2D eigenvalue weighted by molar-refractivity contribution is -0.153. The first-order chi connectivity index (χ1) is 14.0. The van der Waals surface area contributed by atoms with Crippen molar-refractivity contribution in [2.75, 3.05) is 27.9 Å². The number of nitriles is 1. The Labute approximate surface area is 169 Å². The molecule has 0 aliphatic rings. The fraction of sp³-hybridized carbons (Fsp3) is 0.333. The molecule has 0 aromatic heterocycles. The van der Waals surface area contributed by atoms with E-state index >= 15 is 0 Å². The molecule has 8 nitrogen and oxygen atoms in total. The number of nitrogens with zero attached hydrogens (tertiary/aromatic N) is 1. The van der Waals surface area contributed by atoms with Gasteiger partial charge in [0.15, 0.2) is 17.6 Å². The average Bonchev–Trinajstić information content (AvgIpc) is 2.76. The van der Waals surface area contributed by atoms with E-state index in [0.717, 1.165) is 0 Å². The zero-order chi connectivity index (χ0) is 21.4. The van der Waals surface area contributed by atoms with Gasteiger partial charge in [0.05, 0.1) is 33.5 Å². The molecule has 2 aromatic rings. The minimum absolute atomic E-state index is 0.0236. The summed E-state index contributed by atoms with van der Waals surface area (Å²) in [5.74, 6) is -0.434. The van der Waals surface area contributed by atoms with Crippen LogP contribution < -0.4 is 18.9 Å². The number of aliphatic hydroxyl groups is 1. The highest BCUT2D eigenvalue weighted by Crippen LogP contribution is 2.48. The van der Waals surface area contributed by atoms with E-state index in [0.29, 0.717) is 5.56 Å². The second kappa shape index (κ2) is 10.2. The summed E-state index contributed by atoms with van der Waals surface area (Å²) < 4.78 is 26.8.